The number of unbranched alkanes of at least 4 members (excludes halogenated alkanes) is 16. The minimum absolute atomic E-state index is 0.0280. The summed E-state index contributed by atoms with van der Waals surface area (Å²) in [5.74, 6) is -0.835. The molecule has 0 heterocycles. The van der Waals surface area contributed by atoms with Gasteiger partial charge in [-0.05, 0) is 19.3 Å². The number of quaternary nitrogens is 1. The van der Waals surface area contributed by atoms with Crippen LogP contribution in [0.25, 0.3) is 0 Å². The van der Waals surface area contributed by atoms with E-state index in [9.17, 15) is 19.0 Å². The van der Waals surface area contributed by atoms with Crippen molar-refractivity contribution in [1.82, 2.24) is 0 Å². The molecule has 0 aliphatic heterocycles. The Kier molecular flexibility index (Phi) is 27.6. The molecule has 0 amide bonds. The molecule has 0 aromatic heterocycles. The van der Waals surface area contributed by atoms with Crippen molar-refractivity contribution in [3.8, 4) is 0 Å². The molecule has 0 fully saturated rings. The third kappa shape index (κ3) is 31.0. The molecule has 1 unspecified atom stereocenters. The first-order chi connectivity index (χ1) is 21.0. The summed E-state index contributed by atoms with van der Waals surface area (Å²) in [6, 6.07) is 0. The van der Waals surface area contributed by atoms with Crippen LogP contribution >= 0.6 is 7.82 Å². The first-order valence-electron chi connectivity index (χ1n) is 17.3. The third-order valence-electron chi connectivity index (χ3n) is 7.38. The van der Waals surface area contributed by atoms with E-state index in [1.54, 1.807) is 7.11 Å². The van der Waals surface area contributed by atoms with Gasteiger partial charge in [0.25, 0.3) is 0 Å². The molecule has 10 nitrogen and oxygen atoms in total. The van der Waals surface area contributed by atoms with Crippen LogP contribution in [0.2, 0.25) is 0 Å². The van der Waals surface area contributed by atoms with Crippen LogP contribution in [0.3, 0.4) is 0 Å². The summed E-state index contributed by atoms with van der Waals surface area (Å²) in [5.41, 5.74) is 0. The number of hydrogen-bond acceptors (Lipinski definition) is 8. The lowest BCUT2D eigenvalue weighted by molar-refractivity contribution is -0.870. The van der Waals surface area contributed by atoms with Gasteiger partial charge in [0.05, 0.1) is 27.7 Å². The Morgan fingerprint density at radius 3 is 1.64 bits per heavy atom. The topological polar surface area (TPSA) is 118 Å². The van der Waals surface area contributed by atoms with Crippen LogP contribution in [-0.4, -0.2) is 88.6 Å². The van der Waals surface area contributed by atoms with Gasteiger partial charge in [-0.2, -0.15) is 0 Å². The molecule has 0 aromatic carbocycles. The number of esters is 2. The van der Waals surface area contributed by atoms with Crippen molar-refractivity contribution >= 4 is 19.8 Å². The standard InChI is InChI=1S/C33H66NO9P/c1-6-7-8-9-10-11-12-13-14-15-16-18-21-24-32(35)40-29-31(30-42-44(37,38)41-28-26-34(2,3)4)43-33(36)25-22-19-17-20-23-27-39-5/h31H,6-30H2,1-5H3/p+1/t31-/m1/s1. The van der Waals surface area contributed by atoms with E-state index in [4.69, 9.17) is 23.3 Å². The first kappa shape index (κ1) is 43.0. The lowest BCUT2D eigenvalue weighted by Gasteiger charge is -2.24. The van der Waals surface area contributed by atoms with E-state index in [1.807, 2.05) is 21.1 Å². The van der Waals surface area contributed by atoms with Crippen molar-refractivity contribution in [2.75, 3.05) is 61.2 Å². The van der Waals surface area contributed by atoms with Gasteiger partial charge in [0, 0.05) is 26.6 Å². The second-order valence-electron chi connectivity index (χ2n) is 12.9. The van der Waals surface area contributed by atoms with E-state index in [2.05, 4.69) is 6.92 Å². The normalized spacial score (nSPS) is 13.9. The zero-order valence-electron chi connectivity index (χ0n) is 28.9. The molecule has 0 rings (SSSR count). The van der Waals surface area contributed by atoms with Crippen molar-refractivity contribution in [1.29, 1.82) is 0 Å². The molecule has 44 heavy (non-hydrogen) atoms. The van der Waals surface area contributed by atoms with Crippen LogP contribution in [0.4, 0.5) is 0 Å². The molecule has 0 aliphatic rings. The molecule has 0 saturated heterocycles. The molecule has 0 aromatic rings. The Labute approximate surface area is 269 Å². The zero-order valence-corrected chi connectivity index (χ0v) is 29.8. The zero-order chi connectivity index (χ0) is 32.9. The van der Waals surface area contributed by atoms with E-state index in [0.717, 1.165) is 51.6 Å². The first-order valence-corrected chi connectivity index (χ1v) is 18.7. The van der Waals surface area contributed by atoms with E-state index in [-0.39, 0.29) is 32.0 Å². The number of carbonyl (C=O) groups excluding carboxylic acids is 2. The molecule has 11 heteroatoms. The lowest BCUT2D eigenvalue weighted by Crippen LogP contribution is -2.37. The highest BCUT2D eigenvalue weighted by Crippen LogP contribution is 2.43. The number of phosphoric ester groups is 1. The second kappa shape index (κ2) is 28.2. The fourth-order valence-electron chi connectivity index (χ4n) is 4.60. The molecular weight excluding hydrogens is 585 g/mol. The maximum atomic E-state index is 12.4. The Morgan fingerprint density at radius 1 is 0.659 bits per heavy atom. The Morgan fingerprint density at radius 2 is 1.14 bits per heavy atom. The molecular formula is C33H67NO9P+. The molecule has 262 valence electrons. The van der Waals surface area contributed by atoms with Gasteiger partial charge < -0.3 is 23.6 Å². The average Bonchev–Trinajstić information content (AvgIpc) is 2.95. The molecule has 0 radical (unpaired) electrons. The SMILES string of the molecule is CCCCCCCCCCCCCCCC(=O)OC[C@H](COP(=O)(O)OCC[N+](C)(C)C)OC(=O)CCCCCCCOC. The van der Waals surface area contributed by atoms with Crippen molar-refractivity contribution in [2.24, 2.45) is 0 Å². The van der Waals surface area contributed by atoms with E-state index < -0.39 is 26.5 Å². The summed E-state index contributed by atoms with van der Waals surface area (Å²) < 4.78 is 38.9. The maximum Gasteiger partial charge on any atom is 0.472 e. The van der Waals surface area contributed by atoms with E-state index >= 15 is 0 Å². The Bertz CT molecular complexity index is 745. The highest BCUT2D eigenvalue weighted by atomic mass is 31.2. The van der Waals surface area contributed by atoms with Gasteiger partial charge in [-0.25, -0.2) is 4.57 Å². The van der Waals surface area contributed by atoms with E-state index in [1.165, 1.54) is 64.2 Å². The van der Waals surface area contributed by atoms with Gasteiger partial charge in [0.2, 0.25) is 0 Å². The van der Waals surface area contributed by atoms with Gasteiger partial charge in [-0.1, -0.05) is 103 Å². The van der Waals surface area contributed by atoms with Gasteiger partial charge in [0.1, 0.15) is 19.8 Å². The number of hydrogen-bond donors (Lipinski definition) is 1. The number of likely N-dealkylation sites (N-methyl/N-ethyl adjacent to an activating group) is 1. The van der Waals surface area contributed by atoms with Crippen LogP contribution < -0.4 is 0 Å². The predicted molar refractivity (Wildman–Crippen MR) is 175 cm³/mol. The lowest BCUT2D eigenvalue weighted by atomic mass is 10.0. The highest BCUT2D eigenvalue weighted by molar-refractivity contribution is 7.47. The van der Waals surface area contributed by atoms with Crippen LogP contribution in [0.15, 0.2) is 0 Å². The minimum atomic E-state index is -4.36. The monoisotopic (exact) mass is 652 g/mol. The van der Waals surface area contributed by atoms with Gasteiger partial charge in [0.15, 0.2) is 6.10 Å². The van der Waals surface area contributed by atoms with Crippen molar-refractivity contribution < 1.29 is 46.8 Å². The van der Waals surface area contributed by atoms with Crippen molar-refractivity contribution in [3.05, 3.63) is 0 Å². The Hall–Kier alpha value is -1.03. The van der Waals surface area contributed by atoms with Gasteiger partial charge in [-0.3, -0.25) is 18.6 Å². The fourth-order valence-corrected chi connectivity index (χ4v) is 5.34. The quantitative estimate of drug-likeness (QED) is 0.0337. The largest absolute Gasteiger partial charge is 0.472 e. The second-order valence-corrected chi connectivity index (χ2v) is 14.4. The summed E-state index contributed by atoms with van der Waals surface area (Å²) in [6.07, 6.45) is 20.0. The number of nitrogens with zero attached hydrogens (tertiary/aromatic N) is 1. The highest BCUT2D eigenvalue weighted by Gasteiger charge is 2.27. The summed E-state index contributed by atoms with van der Waals surface area (Å²) in [6.45, 7) is 2.87. The Balaban J connectivity index is 4.39. The summed E-state index contributed by atoms with van der Waals surface area (Å²) in [4.78, 5) is 34.9. The third-order valence-corrected chi connectivity index (χ3v) is 8.37. The van der Waals surface area contributed by atoms with E-state index in [0.29, 0.717) is 17.4 Å². The number of ether oxygens (including phenoxy) is 3. The molecule has 0 bridgehead atoms. The number of methoxy groups -OCH3 is 1. The van der Waals surface area contributed by atoms with Crippen molar-refractivity contribution in [2.45, 2.75) is 141 Å². The van der Waals surface area contributed by atoms with Crippen molar-refractivity contribution in [3.63, 3.8) is 0 Å². The number of phosphoric acid groups is 1. The molecule has 0 saturated carbocycles. The molecule has 2 atom stereocenters. The summed E-state index contributed by atoms with van der Waals surface area (Å²) >= 11 is 0. The van der Waals surface area contributed by atoms with Crippen LogP contribution in [-0.2, 0) is 37.4 Å². The van der Waals surface area contributed by atoms with Crippen LogP contribution in [0.5, 0.6) is 0 Å². The summed E-state index contributed by atoms with van der Waals surface area (Å²) in [5, 5.41) is 0. The molecule has 0 aliphatic carbocycles. The number of carbonyl (C=O) groups is 2. The molecule has 1 N–H and O–H groups in total. The van der Waals surface area contributed by atoms with Gasteiger partial charge in [-0.15, -0.1) is 0 Å². The average molecular weight is 653 g/mol. The smallest absolute Gasteiger partial charge is 0.462 e. The predicted octanol–water partition coefficient (Wildman–Crippen LogP) is 7.75. The van der Waals surface area contributed by atoms with Gasteiger partial charge >= 0.3 is 19.8 Å². The molecule has 0 spiro atoms. The number of rotatable bonds is 32. The van der Waals surface area contributed by atoms with Crippen LogP contribution in [0.1, 0.15) is 135 Å². The summed E-state index contributed by atoms with van der Waals surface area (Å²) in [7, 11) is 3.14. The fraction of sp³-hybridized carbons (Fsp3) is 0.939. The maximum absolute atomic E-state index is 12.4. The van der Waals surface area contributed by atoms with Crippen LogP contribution in [0, 0.1) is 0 Å². The minimum Gasteiger partial charge on any atom is -0.462 e.